The molecule has 8 nitrogen and oxygen atoms in total. The van der Waals surface area contributed by atoms with Gasteiger partial charge in [0, 0.05) is 51.3 Å². The number of nitrogens with zero attached hydrogens (tertiary/aromatic N) is 1. The van der Waals surface area contributed by atoms with Crippen LogP contribution in [0.5, 0.6) is 0 Å². The van der Waals surface area contributed by atoms with E-state index < -0.39 is 6.04 Å². The quantitative estimate of drug-likeness (QED) is 0.591. The summed E-state index contributed by atoms with van der Waals surface area (Å²) in [6.45, 7) is 2.77. The zero-order chi connectivity index (χ0) is 19.7. The Morgan fingerprint density at radius 1 is 1.29 bits per heavy atom. The van der Waals surface area contributed by atoms with Crippen molar-refractivity contribution in [2.75, 3.05) is 20.2 Å². The van der Waals surface area contributed by atoms with Crippen LogP contribution in [-0.2, 0) is 27.4 Å². The molecule has 3 aliphatic rings. The molecule has 3 amide bonds. The summed E-state index contributed by atoms with van der Waals surface area (Å²) in [6.07, 6.45) is 1.90. The smallest absolute Gasteiger partial charge is 0.255 e. The fourth-order valence-corrected chi connectivity index (χ4v) is 4.31. The minimum absolute atomic E-state index is 0.133. The summed E-state index contributed by atoms with van der Waals surface area (Å²) in [6, 6.07) is 5.52. The topological polar surface area (TPSA) is 99.8 Å². The van der Waals surface area contributed by atoms with Gasteiger partial charge in [-0.05, 0) is 30.0 Å². The number of carbonyl (C=O) groups excluding carboxylic acids is 3. The van der Waals surface area contributed by atoms with Crippen LogP contribution in [0, 0.1) is 0 Å². The third-order valence-corrected chi connectivity index (χ3v) is 5.90. The number of ether oxygens (including phenoxy) is 1. The molecule has 3 N–H and O–H groups in total. The first kappa shape index (κ1) is 19.0. The molecule has 0 radical (unpaired) electrons. The molecule has 0 bridgehead atoms. The van der Waals surface area contributed by atoms with Crippen LogP contribution in [0.3, 0.4) is 0 Å². The second-order valence-electron chi connectivity index (χ2n) is 7.67. The fraction of sp³-hybridized carbons (Fsp3) is 0.550. The molecule has 0 aromatic heterocycles. The summed E-state index contributed by atoms with van der Waals surface area (Å²) < 4.78 is 5.38. The number of rotatable bonds is 6. The Bertz CT molecular complexity index is 796. The lowest BCUT2D eigenvalue weighted by atomic mass is 10.0. The minimum Gasteiger partial charge on any atom is -0.380 e. The summed E-state index contributed by atoms with van der Waals surface area (Å²) in [4.78, 5) is 38.0. The van der Waals surface area contributed by atoms with Crippen LogP contribution in [0.25, 0.3) is 0 Å². The van der Waals surface area contributed by atoms with Crippen molar-refractivity contribution in [3.63, 3.8) is 0 Å². The molecule has 0 spiro atoms. The van der Waals surface area contributed by atoms with E-state index in [1.807, 2.05) is 18.2 Å². The van der Waals surface area contributed by atoms with E-state index in [0.29, 0.717) is 31.1 Å². The van der Waals surface area contributed by atoms with Gasteiger partial charge in [0.2, 0.25) is 11.8 Å². The van der Waals surface area contributed by atoms with E-state index in [9.17, 15) is 14.4 Å². The molecular formula is C20H26N4O4. The van der Waals surface area contributed by atoms with Crippen LogP contribution in [0.15, 0.2) is 18.2 Å². The molecule has 0 saturated carbocycles. The summed E-state index contributed by atoms with van der Waals surface area (Å²) in [7, 11) is 1.74. The minimum atomic E-state index is -0.577. The first-order valence-electron chi connectivity index (χ1n) is 9.79. The number of hydrogen-bond donors (Lipinski definition) is 3. The van der Waals surface area contributed by atoms with E-state index in [-0.39, 0.29) is 30.2 Å². The van der Waals surface area contributed by atoms with Crippen LogP contribution in [0.1, 0.15) is 40.7 Å². The van der Waals surface area contributed by atoms with Crippen molar-refractivity contribution in [1.29, 1.82) is 0 Å². The summed E-state index contributed by atoms with van der Waals surface area (Å²) >= 11 is 0. The summed E-state index contributed by atoms with van der Waals surface area (Å²) in [5.74, 6) is -0.782. The van der Waals surface area contributed by atoms with Crippen LogP contribution >= 0.6 is 0 Å². The van der Waals surface area contributed by atoms with Gasteiger partial charge in [0.1, 0.15) is 6.04 Å². The Hall–Kier alpha value is -2.29. The maximum absolute atomic E-state index is 12.8. The van der Waals surface area contributed by atoms with E-state index in [1.165, 1.54) is 0 Å². The van der Waals surface area contributed by atoms with Crippen molar-refractivity contribution < 1.29 is 19.1 Å². The van der Waals surface area contributed by atoms with Gasteiger partial charge in [0.05, 0.1) is 6.10 Å². The van der Waals surface area contributed by atoms with Crippen LogP contribution in [0.2, 0.25) is 0 Å². The molecule has 3 unspecified atom stereocenters. The molecule has 3 heterocycles. The predicted molar refractivity (Wildman–Crippen MR) is 101 cm³/mol. The van der Waals surface area contributed by atoms with Crippen LogP contribution in [0.4, 0.5) is 0 Å². The normalized spacial score (nSPS) is 27.2. The van der Waals surface area contributed by atoms with E-state index in [1.54, 1.807) is 12.0 Å². The van der Waals surface area contributed by atoms with E-state index in [0.717, 1.165) is 30.6 Å². The van der Waals surface area contributed by atoms with E-state index in [4.69, 9.17) is 4.74 Å². The van der Waals surface area contributed by atoms with Gasteiger partial charge in [0.25, 0.3) is 5.91 Å². The Kier molecular flexibility index (Phi) is 5.43. The third kappa shape index (κ3) is 3.67. The Labute approximate surface area is 164 Å². The van der Waals surface area contributed by atoms with Gasteiger partial charge in [-0.15, -0.1) is 0 Å². The van der Waals surface area contributed by atoms with Crippen molar-refractivity contribution in [3.05, 3.63) is 34.9 Å². The fourth-order valence-electron chi connectivity index (χ4n) is 4.31. The predicted octanol–water partition coefficient (Wildman–Crippen LogP) is -0.0859. The average molecular weight is 386 g/mol. The lowest BCUT2D eigenvalue weighted by molar-refractivity contribution is -0.136. The molecule has 2 saturated heterocycles. The van der Waals surface area contributed by atoms with Gasteiger partial charge in [-0.25, -0.2) is 0 Å². The number of hydrogen-bond acceptors (Lipinski definition) is 6. The lowest BCUT2D eigenvalue weighted by Crippen LogP contribution is -2.52. The van der Waals surface area contributed by atoms with Gasteiger partial charge in [-0.3, -0.25) is 19.7 Å². The zero-order valence-corrected chi connectivity index (χ0v) is 16.0. The van der Waals surface area contributed by atoms with Gasteiger partial charge in [0.15, 0.2) is 0 Å². The maximum atomic E-state index is 12.8. The Balaban J connectivity index is 1.40. The SMILES string of the molecule is COC1CNC(CNCc2cccc3c2CN(C2CCC(=O)NC2=O)C3=O)C1. The highest BCUT2D eigenvalue weighted by Crippen LogP contribution is 2.29. The molecule has 28 heavy (non-hydrogen) atoms. The van der Waals surface area contributed by atoms with E-state index in [2.05, 4.69) is 16.0 Å². The highest BCUT2D eigenvalue weighted by molar-refractivity contribution is 6.05. The highest BCUT2D eigenvalue weighted by atomic mass is 16.5. The molecule has 3 aliphatic heterocycles. The largest absolute Gasteiger partial charge is 0.380 e. The molecular weight excluding hydrogens is 360 g/mol. The van der Waals surface area contributed by atoms with Gasteiger partial charge < -0.3 is 20.3 Å². The van der Waals surface area contributed by atoms with E-state index >= 15 is 0 Å². The highest BCUT2D eigenvalue weighted by Gasteiger charge is 2.39. The number of fused-ring (bicyclic) bond motifs is 1. The van der Waals surface area contributed by atoms with Crippen molar-refractivity contribution in [2.24, 2.45) is 0 Å². The molecule has 0 aliphatic carbocycles. The van der Waals surface area contributed by atoms with Gasteiger partial charge in [-0.1, -0.05) is 12.1 Å². The molecule has 4 rings (SSSR count). The standard InChI is InChI=1S/C20H26N4O4/c1-28-14-7-13(22-10-14)9-21-8-12-3-2-4-15-16(12)11-24(20(15)27)17-5-6-18(25)23-19(17)26/h2-4,13-14,17,21-22H,5-11H2,1H3,(H,23,25,26). The van der Waals surface area contributed by atoms with Crippen molar-refractivity contribution in [1.82, 2.24) is 20.9 Å². The van der Waals surface area contributed by atoms with Crippen LogP contribution in [-0.4, -0.2) is 61.0 Å². The molecule has 1 aromatic carbocycles. The molecule has 150 valence electrons. The Morgan fingerprint density at radius 3 is 2.89 bits per heavy atom. The molecule has 2 fully saturated rings. The zero-order valence-electron chi connectivity index (χ0n) is 16.0. The monoisotopic (exact) mass is 386 g/mol. The molecule has 8 heteroatoms. The second kappa shape index (κ2) is 7.98. The number of amides is 3. The van der Waals surface area contributed by atoms with Crippen LogP contribution < -0.4 is 16.0 Å². The average Bonchev–Trinajstić information content (AvgIpc) is 3.27. The lowest BCUT2D eigenvalue weighted by Gasteiger charge is -2.29. The van der Waals surface area contributed by atoms with Gasteiger partial charge >= 0.3 is 0 Å². The first-order valence-corrected chi connectivity index (χ1v) is 9.79. The maximum Gasteiger partial charge on any atom is 0.255 e. The summed E-state index contributed by atoms with van der Waals surface area (Å²) in [5, 5.41) is 9.25. The summed E-state index contributed by atoms with van der Waals surface area (Å²) in [5.41, 5.74) is 2.70. The van der Waals surface area contributed by atoms with Gasteiger partial charge in [-0.2, -0.15) is 0 Å². The number of benzene rings is 1. The Morgan fingerprint density at radius 2 is 2.14 bits per heavy atom. The third-order valence-electron chi connectivity index (χ3n) is 5.90. The second-order valence-corrected chi connectivity index (χ2v) is 7.67. The number of piperidine rings is 1. The first-order chi connectivity index (χ1) is 13.6. The number of carbonyl (C=O) groups is 3. The van der Waals surface area contributed by atoms with Crippen molar-refractivity contribution in [2.45, 2.75) is 50.5 Å². The molecule has 3 atom stereocenters. The van der Waals surface area contributed by atoms with Crippen molar-refractivity contribution >= 4 is 17.7 Å². The molecule has 1 aromatic rings. The number of methoxy groups -OCH3 is 1. The number of nitrogens with one attached hydrogen (secondary N) is 3. The number of imide groups is 1. The van der Waals surface area contributed by atoms with Crippen molar-refractivity contribution in [3.8, 4) is 0 Å².